The first-order valence-electron chi connectivity index (χ1n) is 9.48. The van der Waals surface area contributed by atoms with Gasteiger partial charge in [0.05, 0.1) is 6.54 Å². The molecule has 2 aromatic carbocycles. The molecule has 0 bridgehead atoms. The maximum Gasteiger partial charge on any atom is 0.288 e. The third kappa shape index (κ3) is 4.30. The van der Waals surface area contributed by atoms with Crippen LogP contribution in [0.15, 0.2) is 53.4 Å². The Hall–Kier alpha value is -2.94. The summed E-state index contributed by atoms with van der Waals surface area (Å²) in [6.07, 6.45) is 1.73. The number of halogens is 2. The van der Waals surface area contributed by atoms with Gasteiger partial charge in [0.25, 0.3) is 11.7 Å². The van der Waals surface area contributed by atoms with E-state index in [1.807, 2.05) is 0 Å². The molecule has 30 heavy (non-hydrogen) atoms. The van der Waals surface area contributed by atoms with Crippen molar-refractivity contribution in [3.63, 3.8) is 0 Å². The van der Waals surface area contributed by atoms with E-state index in [1.54, 1.807) is 29.2 Å². The molecule has 0 radical (unpaired) electrons. The highest BCUT2D eigenvalue weighted by Crippen LogP contribution is 2.41. The Labute approximate surface area is 176 Å². The highest BCUT2D eigenvalue weighted by molar-refractivity contribution is 7.99. The quantitative estimate of drug-likeness (QED) is 0.659. The maximum absolute atomic E-state index is 12.8. The SMILES string of the molecule is O=C(CNC(=O)C1c2ccccc2C(=O)N1C1CC1)Nc1ccc(SC(F)F)cc1. The third-order valence-electron chi connectivity index (χ3n) is 4.97. The van der Waals surface area contributed by atoms with Gasteiger partial charge in [-0.25, -0.2) is 0 Å². The van der Waals surface area contributed by atoms with Crippen molar-refractivity contribution in [1.82, 2.24) is 10.2 Å². The predicted molar refractivity (Wildman–Crippen MR) is 108 cm³/mol. The van der Waals surface area contributed by atoms with E-state index in [2.05, 4.69) is 10.6 Å². The van der Waals surface area contributed by atoms with Gasteiger partial charge in [0, 0.05) is 22.2 Å². The lowest BCUT2D eigenvalue weighted by Crippen LogP contribution is -2.42. The Morgan fingerprint density at radius 3 is 2.47 bits per heavy atom. The molecule has 0 spiro atoms. The number of amides is 3. The molecule has 1 saturated carbocycles. The summed E-state index contributed by atoms with van der Waals surface area (Å²) in [4.78, 5) is 39.7. The third-order valence-corrected chi connectivity index (χ3v) is 5.70. The van der Waals surface area contributed by atoms with E-state index >= 15 is 0 Å². The minimum absolute atomic E-state index is 0.0547. The van der Waals surface area contributed by atoms with E-state index in [9.17, 15) is 23.2 Å². The van der Waals surface area contributed by atoms with Crippen LogP contribution in [0.5, 0.6) is 0 Å². The predicted octanol–water partition coefficient (Wildman–Crippen LogP) is 3.42. The minimum Gasteiger partial charge on any atom is -0.345 e. The number of carbonyl (C=O) groups is 3. The van der Waals surface area contributed by atoms with Crippen LogP contribution >= 0.6 is 11.8 Å². The van der Waals surface area contributed by atoms with Gasteiger partial charge < -0.3 is 15.5 Å². The Kier molecular flexibility index (Phi) is 5.72. The average molecular weight is 431 g/mol. The summed E-state index contributed by atoms with van der Waals surface area (Å²) in [5.41, 5.74) is 1.61. The molecule has 1 fully saturated rings. The van der Waals surface area contributed by atoms with E-state index < -0.39 is 23.6 Å². The van der Waals surface area contributed by atoms with Gasteiger partial charge in [-0.1, -0.05) is 30.0 Å². The number of anilines is 1. The van der Waals surface area contributed by atoms with E-state index in [-0.39, 0.29) is 18.5 Å². The van der Waals surface area contributed by atoms with E-state index in [0.717, 1.165) is 12.8 Å². The first-order valence-corrected chi connectivity index (χ1v) is 10.4. The number of hydrogen-bond donors (Lipinski definition) is 2. The molecule has 3 amide bonds. The Morgan fingerprint density at radius 1 is 1.10 bits per heavy atom. The summed E-state index contributed by atoms with van der Waals surface area (Å²) >= 11 is 0.421. The highest BCUT2D eigenvalue weighted by Gasteiger charge is 2.47. The van der Waals surface area contributed by atoms with Crippen molar-refractivity contribution >= 4 is 35.2 Å². The van der Waals surface area contributed by atoms with Crippen LogP contribution in [0.2, 0.25) is 0 Å². The molecule has 2 aromatic rings. The summed E-state index contributed by atoms with van der Waals surface area (Å²) < 4.78 is 24.7. The number of nitrogens with zero attached hydrogens (tertiary/aromatic N) is 1. The van der Waals surface area contributed by atoms with Crippen LogP contribution in [-0.2, 0) is 9.59 Å². The molecule has 0 aromatic heterocycles. The van der Waals surface area contributed by atoms with Crippen LogP contribution in [0.1, 0.15) is 34.8 Å². The lowest BCUT2D eigenvalue weighted by atomic mass is 10.0. The fourth-order valence-corrected chi connectivity index (χ4v) is 4.02. The second-order valence-electron chi connectivity index (χ2n) is 7.10. The van der Waals surface area contributed by atoms with Gasteiger partial charge in [0.2, 0.25) is 11.8 Å². The monoisotopic (exact) mass is 431 g/mol. The van der Waals surface area contributed by atoms with Gasteiger partial charge in [-0.3, -0.25) is 14.4 Å². The molecule has 156 valence electrons. The molecule has 0 saturated heterocycles. The fourth-order valence-electron chi connectivity index (χ4n) is 3.52. The fraction of sp³-hybridized carbons (Fsp3) is 0.286. The lowest BCUT2D eigenvalue weighted by molar-refractivity contribution is -0.127. The average Bonchev–Trinajstić information content (AvgIpc) is 3.51. The summed E-state index contributed by atoms with van der Waals surface area (Å²) in [5.74, 6) is -3.52. The Bertz CT molecular complexity index is 980. The van der Waals surface area contributed by atoms with Gasteiger partial charge in [-0.05, 0) is 48.7 Å². The van der Waals surface area contributed by atoms with Gasteiger partial charge in [-0.2, -0.15) is 8.78 Å². The van der Waals surface area contributed by atoms with Crippen molar-refractivity contribution in [2.24, 2.45) is 0 Å². The van der Waals surface area contributed by atoms with Crippen LogP contribution in [0, 0.1) is 0 Å². The number of alkyl halides is 2. The Balaban J connectivity index is 1.37. The molecule has 1 aliphatic heterocycles. The van der Waals surface area contributed by atoms with Crippen LogP contribution in [-0.4, -0.2) is 41.0 Å². The van der Waals surface area contributed by atoms with Crippen molar-refractivity contribution in [1.29, 1.82) is 0 Å². The molecular formula is C21H19F2N3O3S. The molecule has 1 unspecified atom stereocenters. The standard InChI is InChI=1S/C21H19F2N3O3S/c22-21(23)30-14-9-5-12(6-10-14)25-17(27)11-24-19(28)18-15-3-1-2-4-16(15)20(29)26(18)13-7-8-13/h1-6,9-10,13,18,21H,7-8,11H2,(H,24,28)(H,25,27). The van der Waals surface area contributed by atoms with E-state index in [4.69, 9.17) is 0 Å². The molecule has 6 nitrogen and oxygen atoms in total. The molecule has 1 atom stereocenters. The number of rotatable bonds is 7. The summed E-state index contributed by atoms with van der Waals surface area (Å²) in [7, 11) is 0. The lowest BCUT2D eigenvalue weighted by Gasteiger charge is -2.24. The number of benzene rings is 2. The largest absolute Gasteiger partial charge is 0.345 e. The van der Waals surface area contributed by atoms with Gasteiger partial charge >= 0.3 is 0 Å². The van der Waals surface area contributed by atoms with Gasteiger partial charge in [-0.15, -0.1) is 0 Å². The second-order valence-corrected chi connectivity index (χ2v) is 8.17. The van der Waals surface area contributed by atoms with Gasteiger partial charge in [0.15, 0.2) is 0 Å². The zero-order chi connectivity index (χ0) is 21.3. The smallest absolute Gasteiger partial charge is 0.288 e. The number of nitrogens with one attached hydrogen (secondary N) is 2. The number of carbonyl (C=O) groups excluding carboxylic acids is 3. The summed E-state index contributed by atoms with van der Waals surface area (Å²) in [5, 5.41) is 5.22. The molecule has 9 heteroatoms. The van der Waals surface area contributed by atoms with Crippen molar-refractivity contribution in [3.8, 4) is 0 Å². The zero-order valence-corrected chi connectivity index (χ0v) is 16.6. The topological polar surface area (TPSA) is 78.5 Å². The van der Waals surface area contributed by atoms with Crippen LogP contribution < -0.4 is 10.6 Å². The van der Waals surface area contributed by atoms with Crippen molar-refractivity contribution in [2.75, 3.05) is 11.9 Å². The zero-order valence-electron chi connectivity index (χ0n) is 15.8. The van der Waals surface area contributed by atoms with E-state index in [1.165, 1.54) is 24.3 Å². The molecule has 2 aliphatic rings. The maximum atomic E-state index is 12.8. The van der Waals surface area contributed by atoms with Crippen LogP contribution in [0.25, 0.3) is 0 Å². The van der Waals surface area contributed by atoms with Gasteiger partial charge in [0.1, 0.15) is 6.04 Å². The first kappa shape index (κ1) is 20.3. The van der Waals surface area contributed by atoms with Crippen LogP contribution in [0.3, 0.4) is 0 Å². The van der Waals surface area contributed by atoms with Crippen molar-refractivity contribution in [3.05, 3.63) is 59.7 Å². The minimum atomic E-state index is -2.51. The summed E-state index contributed by atoms with van der Waals surface area (Å²) in [6.45, 7) is -0.266. The normalized spacial score (nSPS) is 17.8. The van der Waals surface area contributed by atoms with Crippen molar-refractivity contribution in [2.45, 2.75) is 35.6 Å². The Morgan fingerprint density at radius 2 is 1.80 bits per heavy atom. The second kappa shape index (κ2) is 8.43. The molecule has 1 aliphatic carbocycles. The summed E-state index contributed by atoms with van der Waals surface area (Å²) in [6, 6.07) is 12.3. The molecule has 1 heterocycles. The van der Waals surface area contributed by atoms with Crippen LogP contribution in [0.4, 0.5) is 14.5 Å². The molecule has 2 N–H and O–H groups in total. The molecule has 4 rings (SSSR count). The van der Waals surface area contributed by atoms with Crippen molar-refractivity contribution < 1.29 is 23.2 Å². The number of thioether (sulfide) groups is 1. The van der Waals surface area contributed by atoms with E-state index in [0.29, 0.717) is 33.5 Å². The first-order chi connectivity index (χ1) is 14.4. The highest BCUT2D eigenvalue weighted by atomic mass is 32.2. The number of fused-ring (bicyclic) bond motifs is 1. The number of hydrogen-bond acceptors (Lipinski definition) is 4. The molecular weight excluding hydrogens is 412 g/mol.